The van der Waals surface area contributed by atoms with E-state index in [4.69, 9.17) is 0 Å². The van der Waals surface area contributed by atoms with Gasteiger partial charge in [-0.15, -0.1) is 10.2 Å². The molecule has 6 nitrogen and oxygen atoms in total. The molecule has 1 amide bonds. The van der Waals surface area contributed by atoms with Crippen LogP contribution in [0.5, 0.6) is 0 Å². The van der Waals surface area contributed by atoms with Gasteiger partial charge in [0.25, 0.3) is 0 Å². The van der Waals surface area contributed by atoms with Crippen LogP contribution in [-0.4, -0.2) is 48.4 Å². The average molecular weight is 414 g/mol. The van der Waals surface area contributed by atoms with Crippen LogP contribution in [0.25, 0.3) is 17.1 Å². The molecular formula is C21H24FN5OS. The van der Waals surface area contributed by atoms with Gasteiger partial charge in [0.05, 0.1) is 5.75 Å². The quantitative estimate of drug-likeness (QED) is 0.543. The molecule has 0 saturated heterocycles. The Bertz CT molecular complexity index is 949. The molecule has 0 unspecified atom stereocenters. The van der Waals surface area contributed by atoms with Crippen molar-refractivity contribution in [3.8, 4) is 17.1 Å². The van der Waals surface area contributed by atoms with Gasteiger partial charge >= 0.3 is 0 Å². The topological polar surface area (TPSA) is 63.9 Å². The Hall–Kier alpha value is -2.74. The molecule has 0 fully saturated rings. The van der Waals surface area contributed by atoms with Crippen molar-refractivity contribution in [2.45, 2.75) is 44.9 Å². The van der Waals surface area contributed by atoms with Crippen molar-refractivity contribution in [2.24, 2.45) is 0 Å². The van der Waals surface area contributed by atoms with Gasteiger partial charge in [0.15, 0.2) is 11.0 Å². The van der Waals surface area contributed by atoms with Crippen molar-refractivity contribution >= 4 is 17.7 Å². The minimum atomic E-state index is -0.318. The molecule has 0 spiro atoms. The van der Waals surface area contributed by atoms with Crippen LogP contribution in [0, 0.1) is 5.82 Å². The summed E-state index contributed by atoms with van der Waals surface area (Å²) in [5, 5.41) is 9.20. The van der Waals surface area contributed by atoms with Crippen LogP contribution in [0.3, 0.4) is 0 Å². The molecule has 0 saturated carbocycles. The summed E-state index contributed by atoms with van der Waals surface area (Å²) >= 11 is 1.32. The Morgan fingerprint density at radius 3 is 2.24 bits per heavy atom. The number of hydrogen-bond donors (Lipinski definition) is 0. The van der Waals surface area contributed by atoms with Crippen LogP contribution in [0.4, 0.5) is 4.39 Å². The molecule has 2 heterocycles. The smallest absolute Gasteiger partial charge is 0.233 e. The standard InChI is InChI=1S/C21H24FN5OS/c1-14(2)26(15(3)4)19(28)13-29-21-25-24-20(16-9-11-23-12-10-16)27(21)18-7-5-17(22)6-8-18/h5-12,14-15H,13H2,1-4H3. The molecule has 152 valence electrons. The van der Waals surface area contributed by atoms with E-state index in [9.17, 15) is 9.18 Å². The van der Waals surface area contributed by atoms with Gasteiger partial charge in [0.2, 0.25) is 5.91 Å². The Balaban J connectivity index is 1.94. The summed E-state index contributed by atoms with van der Waals surface area (Å²) in [6, 6.07) is 10.0. The number of aromatic nitrogens is 4. The molecule has 8 heteroatoms. The Morgan fingerprint density at radius 2 is 1.66 bits per heavy atom. The van der Waals surface area contributed by atoms with Crippen LogP contribution < -0.4 is 0 Å². The maximum Gasteiger partial charge on any atom is 0.233 e. The van der Waals surface area contributed by atoms with E-state index in [1.807, 2.05) is 49.3 Å². The summed E-state index contributed by atoms with van der Waals surface area (Å²) in [6.07, 6.45) is 3.36. The lowest BCUT2D eigenvalue weighted by Gasteiger charge is -2.30. The van der Waals surface area contributed by atoms with Gasteiger partial charge in [0, 0.05) is 35.7 Å². The van der Waals surface area contributed by atoms with Gasteiger partial charge in [0.1, 0.15) is 5.82 Å². The molecule has 0 aliphatic heterocycles. The van der Waals surface area contributed by atoms with Crippen molar-refractivity contribution in [3.63, 3.8) is 0 Å². The largest absolute Gasteiger partial charge is 0.337 e. The minimum absolute atomic E-state index is 0.0408. The lowest BCUT2D eigenvalue weighted by Crippen LogP contribution is -2.43. The number of hydrogen-bond acceptors (Lipinski definition) is 5. The lowest BCUT2D eigenvalue weighted by atomic mass is 10.2. The van der Waals surface area contributed by atoms with Crippen LogP contribution >= 0.6 is 11.8 Å². The minimum Gasteiger partial charge on any atom is -0.337 e. The first kappa shape index (κ1) is 21.0. The van der Waals surface area contributed by atoms with E-state index < -0.39 is 0 Å². The van der Waals surface area contributed by atoms with Crippen LogP contribution in [-0.2, 0) is 4.79 Å². The molecule has 0 radical (unpaired) electrons. The van der Waals surface area contributed by atoms with Gasteiger partial charge in [-0.25, -0.2) is 4.39 Å². The molecule has 0 atom stereocenters. The predicted octanol–water partition coefficient (Wildman–Crippen LogP) is 4.21. The zero-order valence-corrected chi connectivity index (χ0v) is 17.7. The van der Waals surface area contributed by atoms with E-state index in [0.717, 1.165) is 11.3 Å². The molecule has 1 aromatic carbocycles. The first-order valence-corrected chi connectivity index (χ1v) is 10.4. The number of halogens is 1. The van der Waals surface area contributed by atoms with E-state index in [1.54, 1.807) is 24.5 Å². The first-order valence-electron chi connectivity index (χ1n) is 9.44. The fourth-order valence-electron chi connectivity index (χ4n) is 3.25. The van der Waals surface area contributed by atoms with E-state index in [1.165, 1.54) is 23.9 Å². The second-order valence-corrected chi connectivity index (χ2v) is 8.07. The molecular weight excluding hydrogens is 389 g/mol. The van der Waals surface area contributed by atoms with Crippen molar-refractivity contribution in [1.29, 1.82) is 0 Å². The maximum atomic E-state index is 13.4. The summed E-state index contributed by atoms with van der Waals surface area (Å²) in [7, 11) is 0. The average Bonchev–Trinajstić information content (AvgIpc) is 3.11. The second-order valence-electron chi connectivity index (χ2n) is 7.13. The van der Waals surface area contributed by atoms with Crippen LogP contribution in [0.15, 0.2) is 53.9 Å². The summed E-state index contributed by atoms with van der Waals surface area (Å²) in [5.41, 5.74) is 1.56. The molecule has 3 rings (SSSR count). The van der Waals surface area contributed by atoms with Crippen molar-refractivity contribution in [2.75, 3.05) is 5.75 Å². The number of benzene rings is 1. The summed E-state index contributed by atoms with van der Waals surface area (Å²) in [5.74, 6) is 0.574. The maximum absolute atomic E-state index is 13.4. The third kappa shape index (κ3) is 4.82. The second kappa shape index (κ2) is 9.17. The Kier molecular flexibility index (Phi) is 6.64. The van der Waals surface area contributed by atoms with E-state index in [0.29, 0.717) is 11.0 Å². The fourth-order valence-corrected chi connectivity index (χ4v) is 4.07. The van der Waals surface area contributed by atoms with Gasteiger partial charge in [-0.3, -0.25) is 14.3 Å². The third-order valence-corrected chi connectivity index (χ3v) is 5.30. The number of thioether (sulfide) groups is 1. The lowest BCUT2D eigenvalue weighted by molar-refractivity contribution is -0.131. The highest BCUT2D eigenvalue weighted by atomic mass is 32.2. The number of nitrogens with zero attached hydrogens (tertiary/aromatic N) is 5. The van der Waals surface area contributed by atoms with Crippen molar-refractivity contribution in [3.05, 3.63) is 54.6 Å². The summed E-state index contributed by atoms with van der Waals surface area (Å²) < 4.78 is 15.3. The number of carbonyl (C=O) groups excluding carboxylic acids is 1. The number of carbonyl (C=O) groups is 1. The van der Waals surface area contributed by atoms with E-state index >= 15 is 0 Å². The normalized spacial score (nSPS) is 11.3. The predicted molar refractivity (Wildman–Crippen MR) is 112 cm³/mol. The Labute approximate surface area is 174 Å². The molecule has 2 aromatic heterocycles. The van der Waals surface area contributed by atoms with Gasteiger partial charge < -0.3 is 4.90 Å². The highest BCUT2D eigenvalue weighted by Gasteiger charge is 2.22. The summed E-state index contributed by atoms with van der Waals surface area (Å²) in [4.78, 5) is 18.7. The SMILES string of the molecule is CC(C)N(C(=O)CSc1nnc(-c2ccncc2)n1-c1ccc(F)cc1)C(C)C. The van der Waals surface area contributed by atoms with Gasteiger partial charge in [-0.05, 0) is 64.1 Å². The van der Waals surface area contributed by atoms with Crippen molar-refractivity contribution < 1.29 is 9.18 Å². The number of pyridine rings is 1. The fraction of sp³-hybridized carbons (Fsp3) is 0.333. The zero-order valence-electron chi connectivity index (χ0n) is 16.9. The molecule has 29 heavy (non-hydrogen) atoms. The molecule has 0 bridgehead atoms. The van der Waals surface area contributed by atoms with E-state index in [-0.39, 0.29) is 29.6 Å². The molecule has 0 aliphatic rings. The van der Waals surface area contributed by atoms with Crippen LogP contribution in [0.1, 0.15) is 27.7 Å². The highest BCUT2D eigenvalue weighted by molar-refractivity contribution is 7.99. The first-order chi connectivity index (χ1) is 13.9. The zero-order chi connectivity index (χ0) is 21.0. The summed E-state index contributed by atoms with van der Waals surface area (Å²) in [6.45, 7) is 8.02. The van der Waals surface area contributed by atoms with Gasteiger partial charge in [-0.1, -0.05) is 11.8 Å². The Morgan fingerprint density at radius 1 is 1.03 bits per heavy atom. The van der Waals surface area contributed by atoms with E-state index in [2.05, 4.69) is 15.2 Å². The highest BCUT2D eigenvalue weighted by Crippen LogP contribution is 2.28. The van der Waals surface area contributed by atoms with Gasteiger partial charge in [-0.2, -0.15) is 0 Å². The van der Waals surface area contributed by atoms with Crippen LogP contribution in [0.2, 0.25) is 0 Å². The third-order valence-electron chi connectivity index (χ3n) is 4.38. The number of rotatable bonds is 7. The number of amides is 1. The molecule has 0 aliphatic carbocycles. The molecule has 3 aromatic rings. The van der Waals surface area contributed by atoms with Crippen molar-refractivity contribution in [1.82, 2.24) is 24.6 Å². The monoisotopic (exact) mass is 413 g/mol. The molecule has 0 N–H and O–H groups in total.